The van der Waals surface area contributed by atoms with E-state index in [1.165, 1.54) is 12.0 Å². The van der Waals surface area contributed by atoms with Crippen LogP contribution >= 0.6 is 0 Å². The summed E-state index contributed by atoms with van der Waals surface area (Å²) in [6.45, 7) is 5.09. The minimum absolute atomic E-state index is 0.102. The van der Waals surface area contributed by atoms with Crippen LogP contribution in [0.15, 0.2) is 30.3 Å². The Balaban J connectivity index is 1.36. The number of rotatable bonds is 5. The van der Waals surface area contributed by atoms with Gasteiger partial charge in [-0.15, -0.1) is 0 Å². The first-order valence-electron chi connectivity index (χ1n) is 10.4. The van der Waals surface area contributed by atoms with E-state index in [0.717, 1.165) is 77.7 Å². The van der Waals surface area contributed by atoms with Crippen molar-refractivity contribution in [3.8, 4) is 0 Å². The lowest BCUT2D eigenvalue weighted by Crippen LogP contribution is -2.49. The number of hydrogen-bond acceptors (Lipinski definition) is 3. The van der Waals surface area contributed by atoms with Gasteiger partial charge in [0, 0.05) is 38.2 Å². The minimum Gasteiger partial charge on any atom is -0.376 e. The van der Waals surface area contributed by atoms with Crippen molar-refractivity contribution in [1.29, 1.82) is 0 Å². The molecule has 26 heavy (non-hydrogen) atoms. The van der Waals surface area contributed by atoms with Crippen LogP contribution in [0.25, 0.3) is 0 Å². The Hall–Kier alpha value is -1.39. The first kappa shape index (κ1) is 18.0. The Morgan fingerprint density at radius 2 is 1.96 bits per heavy atom. The number of benzene rings is 1. The number of likely N-dealkylation sites (tertiary alicyclic amines) is 2. The number of amides is 1. The lowest BCUT2D eigenvalue weighted by molar-refractivity contribution is -0.133. The molecule has 1 spiro atoms. The fourth-order valence-electron chi connectivity index (χ4n) is 5.07. The Labute approximate surface area is 157 Å². The van der Waals surface area contributed by atoms with E-state index in [2.05, 4.69) is 40.1 Å². The molecule has 4 heteroatoms. The Bertz CT molecular complexity index is 599. The van der Waals surface area contributed by atoms with Crippen molar-refractivity contribution in [3.05, 3.63) is 35.9 Å². The van der Waals surface area contributed by atoms with Crippen LogP contribution in [-0.4, -0.2) is 60.1 Å². The van der Waals surface area contributed by atoms with Crippen LogP contribution in [0.4, 0.5) is 0 Å². The van der Waals surface area contributed by atoms with Gasteiger partial charge in [0.1, 0.15) is 0 Å². The average Bonchev–Trinajstić information content (AvgIpc) is 3.22. The smallest absolute Gasteiger partial charge is 0.223 e. The molecule has 3 aliphatic heterocycles. The molecule has 3 saturated heterocycles. The third-order valence-electron chi connectivity index (χ3n) is 6.66. The van der Waals surface area contributed by atoms with E-state index < -0.39 is 0 Å². The number of nitrogens with zero attached hydrogens (tertiary/aromatic N) is 2. The maximum Gasteiger partial charge on any atom is 0.223 e. The van der Waals surface area contributed by atoms with Gasteiger partial charge in [-0.25, -0.2) is 0 Å². The van der Waals surface area contributed by atoms with Crippen LogP contribution in [0.2, 0.25) is 0 Å². The summed E-state index contributed by atoms with van der Waals surface area (Å²) in [5.41, 5.74) is 1.52. The predicted molar refractivity (Wildman–Crippen MR) is 103 cm³/mol. The summed E-state index contributed by atoms with van der Waals surface area (Å²) >= 11 is 0. The molecule has 0 N–H and O–H groups in total. The maximum atomic E-state index is 12.6. The summed E-state index contributed by atoms with van der Waals surface area (Å²) in [4.78, 5) is 17.4. The molecule has 1 aromatic rings. The second-order valence-electron chi connectivity index (χ2n) is 8.29. The Morgan fingerprint density at radius 1 is 1.08 bits per heavy atom. The second kappa shape index (κ2) is 8.10. The van der Waals surface area contributed by atoms with Gasteiger partial charge in [-0.3, -0.25) is 4.79 Å². The summed E-state index contributed by atoms with van der Waals surface area (Å²) in [7, 11) is 0. The monoisotopic (exact) mass is 356 g/mol. The van der Waals surface area contributed by atoms with E-state index >= 15 is 0 Å². The highest BCUT2D eigenvalue weighted by molar-refractivity contribution is 5.79. The molecule has 0 saturated carbocycles. The van der Waals surface area contributed by atoms with Gasteiger partial charge in [-0.2, -0.15) is 0 Å². The summed E-state index contributed by atoms with van der Waals surface area (Å²) in [6, 6.07) is 10.8. The van der Waals surface area contributed by atoms with E-state index in [9.17, 15) is 4.79 Å². The molecule has 3 heterocycles. The normalized spacial score (nSPS) is 30.2. The van der Waals surface area contributed by atoms with Crippen LogP contribution in [-0.2, 0) is 16.0 Å². The zero-order chi connectivity index (χ0) is 17.8. The van der Waals surface area contributed by atoms with Gasteiger partial charge in [0.15, 0.2) is 0 Å². The summed E-state index contributed by atoms with van der Waals surface area (Å²) < 4.78 is 5.83. The quantitative estimate of drug-likeness (QED) is 0.812. The standard InChI is InChI=1S/C22H32N2O2/c25-21-9-12-22(24(21)18-20-8-4-17-26-20)11-5-14-23(16-13-22)15-10-19-6-2-1-3-7-19/h1-3,6-7,20H,4-5,8-18H2/t20-,22-/m0/s1. The van der Waals surface area contributed by atoms with Crippen molar-refractivity contribution in [3.63, 3.8) is 0 Å². The third kappa shape index (κ3) is 3.96. The van der Waals surface area contributed by atoms with E-state index in [-0.39, 0.29) is 11.6 Å². The van der Waals surface area contributed by atoms with Gasteiger partial charge in [-0.1, -0.05) is 30.3 Å². The molecule has 1 aromatic carbocycles. The largest absolute Gasteiger partial charge is 0.376 e. The van der Waals surface area contributed by atoms with Crippen molar-refractivity contribution in [2.24, 2.45) is 0 Å². The van der Waals surface area contributed by atoms with Gasteiger partial charge < -0.3 is 14.5 Å². The highest BCUT2D eigenvalue weighted by Gasteiger charge is 2.46. The van der Waals surface area contributed by atoms with Gasteiger partial charge in [0.05, 0.1) is 6.10 Å². The van der Waals surface area contributed by atoms with Gasteiger partial charge in [-0.05, 0) is 57.1 Å². The van der Waals surface area contributed by atoms with Crippen LogP contribution in [0.3, 0.4) is 0 Å². The lowest BCUT2D eigenvalue weighted by Gasteiger charge is -2.39. The van der Waals surface area contributed by atoms with Crippen LogP contribution in [0, 0.1) is 0 Å². The van der Waals surface area contributed by atoms with Crippen molar-refractivity contribution < 1.29 is 9.53 Å². The highest BCUT2D eigenvalue weighted by Crippen LogP contribution is 2.39. The molecule has 3 aliphatic rings. The summed E-state index contributed by atoms with van der Waals surface area (Å²) in [5.74, 6) is 0.359. The molecule has 2 atom stereocenters. The molecule has 0 aromatic heterocycles. The van der Waals surface area contributed by atoms with Gasteiger partial charge in [0.25, 0.3) is 0 Å². The third-order valence-corrected chi connectivity index (χ3v) is 6.66. The molecule has 1 amide bonds. The lowest BCUT2D eigenvalue weighted by atomic mass is 9.87. The van der Waals surface area contributed by atoms with E-state index in [0.29, 0.717) is 5.91 Å². The first-order valence-corrected chi connectivity index (χ1v) is 10.4. The molecule has 4 rings (SSSR count). The molecular weight excluding hydrogens is 324 g/mol. The molecule has 142 valence electrons. The van der Waals surface area contributed by atoms with E-state index in [1.54, 1.807) is 0 Å². The zero-order valence-corrected chi connectivity index (χ0v) is 15.9. The molecule has 0 bridgehead atoms. The van der Waals surface area contributed by atoms with Crippen LogP contribution in [0.5, 0.6) is 0 Å². The number of hydrogen-bond donors (Lipinski definition) is 0. The van der Waals surface area contributed by atoms with Crippen molar-refractivity contribution >= 4 is 5.91 Å². The molecule has 4 nitrogen and oxygen atoms in total. The molecular formula is C22H32N2O2. The fraction of sp³-hybridized carbons (Fsp3) is 0.682. The number of ether oxygens (including phenoxy) is 1. The van der Waals surface area contributed by atoms with Crippen molar-refractivity contribution in [1.82, 2.24) is 9.80 Å². The SMILES string of the molecule is O=C1CC[C@]2(CCCN(CCc3ccccc3)CC2)N1C[C@@H]1CCCO1. The zero-order valence-electron chi connectivity index (χ0n) is 15.9. The minimum atomic E-state index is 0.102. The first-order chi connectivity index (χ1) is 12.8. The second-order valence-corrected chi connectivity index (χ2v) is 8.29. The van der Waals surface area contributed by atoms with Crippen molar-refractivity contribution in [2.45, 2.75) is 63.0 Å². The van der Waals surface area contributed by atoms with Gasteiger partial charge in [0.2, 0.25) is 5.91 Å². The molecule has 0 aliphatic carbocycles. The fourth-order valence-corrected chi connectivity index (χ4v) is 5.07. The topological polar surface area (TPSA) is 32.8 Å². The average molecular weight is 357 g/mol. The van der Waals surface area contributed by atoms with E-state index in [1.807, 2.05) is 0 Å². The van der Waals surface area contributed by atoms with E-state index in [4.69, 9.17) is 4.74 Å². The van der Waals surface area contributed by atoms with Crippen LogP contribution < -0.4 is 0 Å². The Morgan fingerprint density at radius 3 is 2.77 bits per heavy atom. The number of carbonyl (C=O) groups excluding carboxylic acids is 1. The Kier molecular flexibility index (Phi) is 5.60. The van der Waals surface area contributed by atoms with Gasteiger partial charge >= 0.3 is 0 Å². The van der Waals surface area contributed by atoms with Crippen LogP contribution in [0.1, 0.15) is 50.5 Å². The molecule has 3 fully saturated rings. The number of carbonyl (C=O) groups is 1. The predicted octanol–water partition coefficient (Wildman–Crippen LogP) is 3.26. The summed E-state index contributed by atoms with van der Waals surface area (Å²) in [5, 5.41) is 0. The van der Waals surface area contributed by atoms with Crippen molar-refractivity contribution in [2.75, 3.05) is 32.8 Å². The molecule has 0 radical (unpaired) electrons. The highest BCUT2D eigenvalue weighted by atomic mass is 16.5. The summed E-state index contributed by atoms with van der Waals surface area (Å²) in [6.07, 6.45) is 8.91. The maximum absolute atomic E-state index is 12.6. The molecule has 0 unspecified atom stereocenters.